The standard InChI is InChI=1S/C25H27N3O4S2/c29-24(22-8-3-4-12-28(22)25(30)23-9-5-17-33-23)26-13-15-27(16-14-26)34(31,32)21-11-10-19-6-1-2-7-20(19)18-21/h1-2,5-7,9-11,17-18,22H,3-4,8,12-16H2. The number of hydrogen-bond acceptors (Lipinski definition) is 5. The first-order chi connectivity index (χ1) is 16.4. The molecule has 34 heavy (non-hydrogen) atoms. The van der Waals surface area contributed by atoms with Gasteiger partial charge in [0.1, 0.15) is 6.04 Å². The van der Waals surface area contributed by atoms with Crippen LogP contribution in [0.25, 0.3) is 10.8 Å². The van der Waals surface area contributed by atoms with Crippen LogP contribution in [-0.2, 0) is 14.8 Å². The minimum atomic E-state index is -3.65. The van der Waals surface area contributed by atoms with E-state index >= 15 is 0 Å². The summed E-state index contributed by atoms with van der Waals surface area (Å²) < 4.78 is 28.0. The minimum Gasteiger partial charge on any atom is -0.338 e. The van der Waals surface area contributed by atoms with Gasteiger partial charge in [-0.25, -0.2) is 8.42 Å². The molecule has 7 nitrogen and oxygen atoms in total. The van der Waals surface area contributed by atoms with Crippen LogP contribution in [-0.4, -0.2) is 73.1 Å². The van der Waals surface area contributed by atoms with Crippen molar-refractivity contribution >= 4 is 43.9 Å². The van der Waals surface area contributed by atoms with Gasteiger partial charge in [-0.2, -0.15) is 4.31 Å². The number of hydrogen-bond donors (Lipinski definition) is 0. The summed E-state index contributed by atoms with van der Waals surface area (Å²) in [4.78, 5) is 30.7. The van der Waals surface area contributed by atoms with Gasteiger partial charge in [0, 0.05) is 32.7 Å². The number of piperazine rings is 1. The molecule has 0 radical (unpaired) electrons. The van der Waals surface area contributed by atoms with Crippen molar-refractivity contribution in [2.24, 2.45) is 0 Å². The molecule has 0 aliphatic carbocycles. The van der Waals surface area contributed by atoms with E-state index in [0.717, 1.165) is 23.6 Å². The largest absolute Gasteiger partial charge is 0.338 e. The molecule has 9 heteroatoms. The molecular formula is C25H27N3O4S2. The van der Waals surface area contributed by atoms with Crippen LogP contribution >= 0.6 is 11.3 Å². The summed E-state index contributed by atoms with van der Waals surface area (Å²) in [6.07, 6.45) is 2.44. The molecule has 0 saturated carbocycles. The highest BCUT2D eigenvalue weighted by molar-refractivity contribution is 7.89. The van der Waals surface area contributed by atoms with Gasteiger partial charge in [0.25, 0.3) is 5.91 Å². The molecule has 3 aromatic rings. The third-order valence-electron chi connectivity index (χ3n) is 6.69. The van der Waals surface area contributed by atoms with Crippen LogP contribution in [0.5, 0.6) is 0 Å². The van der Waals surface area contributed by atoms with Crippen molar-refractivity contribution in [3.63, 3.8) is 0 Å². The van der Waals surface area contributed by atoms with E-state index in [4.69, 9.17) is 0 Å². The highest BCUT2D eigenvalue weighted by Gasteiger charge is 2.38. The Hall–Kier alpha value is -2.75. The summed E-state index contributed by atoms with van der Waals surface area (Å²) in [5, 5.41) is 3.74. The third-order valence-corrected chi connectivity index (χ3v) is 9.44. The molecule has 1 unspecified atom stereocenters. The van der Waals surface area contributed by atoms with Crippen molar-refractivity contribution in [3.8, 4) is 0 Å². The lowest BCUT2D eigenvalue weighted by Crippen LogP contribution is -2.57. The predicted octanol–water partition coefficient (Wildman–Crippen LogP) is 3.43. The SMILES string of the molecule is O=C(C1CCCCN1C(=O)c1cccs1)N1CCN(S(=O)(=O)c2ccc3ccccc3c2)CC1. The molecule has 178 valence electrons. The first kappa shape index (κ1) is 23.0. The molecule has 2 saturated heterocycles. The molecule has 1 aromatic heterocycles. The van der Waals surface area contributed by atoms with Crippen molar-refractivity contribution in [1.82, 2.24) is 14.1 Å². The molecule has 0 spiro atoms. The van der Waals surface area contributed by atoms with Crippen LogP contribution < -0.4 is 0 Å². The van der Waals surface area contributed by atoms with Gasteiger partial charge >= 0.3 is 0 Å². The summed E-state index contributed by atoms with van der Waals surface area (Å²) in [5.74, 6) is -0.169. The van der Waals surface area contributed by atoms with E-state index in [1.165, 1.54) is 15.6 Å². The fraction of sp³-hybridized carbons (Fsp3) is 0.360. The number of fused-ring (bicyclic) bond motifs is 1. The Morgan fingerprint density at radius 3 is 2.35 bits per heavy atom. The fourth-order valence-corrected chi connectivity index (χ4v) is 6.95. The lowest BCUT2D eigenvalue weighted by molar-refractivity contribution is -0.138. The second-order valence-electron chi connectivity index (χ2n) is 8.73. The highest BCUT2D eigenvalue weighted by Crippen LogP contribution is 2.26. The number of amides is 2. The summed E-state index contributed by atoms with van der Waals surface area (Å²) in [6.45, 7) is 1.70. The zero-order valence-electron chi connectivity index (χ0n) is 18.8. The zero-order chi connectivity index (χ0) is 23.7. The van der Waals surface area contributed by atoms with Crippen LogP contribution in [0.15, 0.2) is 64.9 Å². The van der Waals surface area contributed by atoms with Crippen LogP contribution in [0.3, 0.4) is 0 Å². The third kappa shape index (κ3) is 4.35. The molecule has 5 rings (SSSR count). The normalized spacial score (nSPS) is 19.9. The molecule has 1 atom stereocenters. The van der Waals surface area contributed by atoms with Gasteiger partial charge in [-0.05, 0) is 53.6 Å². The number of likely N-dealkylation sites (tertiary alicyclic amines) is 1. The lowest BCUT2D eigenvalue weighted by Gasteiger charge is -2.40. The van der Waals surface area contributed by atoms with E-state index in [9.17, 15) is 18.0 Å². The lowest BCUT2D eigenvalue weighted by atomic mass is 10.00. The number of piperidine rings is 1. The molecular weight excluding hydrogens is 470 g/mol. The Kier molecular flexibility index (Phi) is 6.42. The Morgan fingerprint density at radius 2 is 1.62 bits per heavy atom. The summed E-state index contributed by atoms with van der Waals surface area (Å²) in [7, 11) is -3.65. The molecule has 0 bridgehead atoms. The predicted molar refractivity (Wildman–Crippen MR) is 132 cm³/mol. The van der Waals surface area contributed by atoms with Crippen molar-refractivity contribution in [2.75, 3.05) is 32.7 Å². The van der Waals surface area contributed by atoms with Gasteiger partial charge < -0.3 is 9.80 Å². The number of carbonyl (C=O) groups excluding carboxylic acids is 2. The van der Waals surface area contributed by atoms with Gasteiger partial charge in [0.05, 0.1) is 9.77 Å². The van der Waals surface area contributed by atoms with E-state index in [-0.39, 0.29) is 29.8 Å². The maximum atomic E-state index is 13.4. The van der Waals surface area contributed by atoms with E-state index < -0.39 is 16.1 Å². The molecule has 2 amide bonds. The molecule has 0 N–H and O–H groups in total. The Bertz CT molecular complexity index is 1300. The number of rotatable bonds is 4. The summed E-state index contributed by atoms with van der Waals surface area (Å²) in [6, 6.07) is 16.0. The summed E-state index contributed by atoms with van der Waals surface area (Å²) in [5.41, 5.74) is 0. The number of nitrogens with zero attached hydrogens (tertiary/aromatic N) is 3. The monoisotopic (exact) mass is 497 g/mol. The maximum Gasteiger partial charge on any atom is 0.264 e. The van der Waals surface area contributed by atoms with Gasteiger partial charge in [-0.1, -0.05) is 36.4 Å². The molecule has 2 aromatic carbocycles. The molecule has 2 fully saturated rings. The van der Waals surface area contributed by atoms with Crippen molar-refractivity contribution in [2.45, 2.75) is 30.2 Å². The maximum absolute atomic E-state index is 13.4. The van der Waals surface area contributed by atoms with Gasteiger partial charge in [0.2, 0.25) is 15.9 Å². The Labute approximate surface area is 203 Å². The van der Waals surface area contributed by atoms with Crippen LogP contribution in [0.1, 0.15) is 28.9 Å². The van der Waals surface area contributed by atoms with Crippen LogP contribution in [0.2, 0.25) is 0 Å². The fourth-order valence-electron chi connectivity index (χ4n) is 4.81. The number of sulfonamides is 1. The first-order valence-electron chi connectivity index (χ1n) is 11.6. The van der Waals surface area contributed by atoms with E-state index in [2.05, 4.69) is 0 Å². The second-order valence-corrected chi connectivity index (χ2v) is 11.6. The van der Waals surface area contributed by atoms with Crippen LogP contribution in [0.4, 0.5) is 0 Å². The Morgan fingerprint density at radius 1 is 0.853 bits per heavy atom. The van der Waals surface area contributed by atoms with E-state index in [0.29, 0.717) is 30.9 Å². The smallest absolute Gasteiger partial charge is 0.264 e. The van der Waals surface area contributed by atoms with Crippen molar-refractivity contribution in [1.29, 1.82) is 0 Å². The number of thiophene rings is 1. The zero-order valence-corrected chi connectivity index (χ0v) is 20.4. The van der Waals surface area contributed by atoms with E-state index in [1.54, 1.807) is 28.0 Å². The topological polar surface area (TPSA) is 78.0 Å². The minimum absolute atomic E-state index is 0.0765. The summed E-state index contributed by atoms with van der Waals surface area (Å²) >= 11 is 1.39. The Balaban J connectivity index is 1.27. The molecule has 2 aliphatic heterocycles. The van der Waals surface area contributed by atoms with Crippen molar-refractivity contribution in [3.05, 3.63) is 64.9 Å². The molecule has 2 aliphatic rings. The van der Waals surface area contributed by atoms with Crippen LogP contribution in [0, 0.1) is 0 Å². The van der Waals surface area contributed by atoms with Crippen molar-refractivity contribution < 1.29 is 18.0 Å². The second kappa shape index (κ2) is 9.48. The average Bonchev–Trinajstić information content (AvgIpc) is 3.43. The van der Waals surface area contributed by atoms with Gasteiger partial charge in [-0.3, -0.25) is 9.59 Å². The average molecular weight is 498 g/mol. The van der Waals surface area contributed by atoms with E-state index in [1.807, 2.05) is 41.8 Å². The quantitative estimate of drug-likeness (QED) is 0.553. The van der Waals surface area contributed by atoms with Gasteiger partial charge in [0.15, 0.2) is 0 Å². The highest BCUT2D eigenvalue weighted by atomic mass is 32.2. The number of benzene rings is 2. The number of carbonyl (C=O) groups is 2. The van der Waals surface area contributed by atoms with Gasteiger partial charge in [-0.15, -0.1) is 11.3 Å². The molecule has 3 heterocycles. The first-order valence-corrected chi connectivity index (χ1v) is 13.9.